The van der Waals surface area contributed by atoms with Crippen LogP contribution in [-0.2, 0) is 6.42 Å². The number of nitrogens with one attached hydrogen (secondary N) is 2. The quantitative estimate of drug-likeness (QED) is 0.729. The molecular weight excluding hydrogens is 307 g/mol. The van der Waals surface area contributed by atoms with Gasteiger partial charge in [0, 0.05) is 13.1 Å². The van der Waals surface area contributed by atoms with Crippen LogP contribution < -0.4 is 15.4 Å². The summed E-state index contributed by atoms with van der Waals surface area (Å²) in [7, 11) is 0. The van der Waals surface area contributed by atoms with Crippen molar-refractivity contribution in [3.63, 3.8) is 0 Å². The lowest BCUT2D eigenvalue weighted by molar-refractivity contribution is 0.239. The van der Waals surface area contributed by atoms with Gasteiger partial charge < -0.3 is 15.4 Å². The van der Waals surface area contributed by atoms with E-state index in [4.69, 9.17) is 4.74 Å². The highest BCUT2D eigenvalue weighted by molar-refractivity contribution is 5.73. The first-order valence-corrected chi connectivity index (χ1v) is 8.10. The van der Waals surface area contributed by atoms with Crippen LogP contribution in [0.2, 0.25) is 0 Å². The van der Waals surface area contributed by atoms with Crippen molar-refractivity contribution >= 4 is 6.03 Å². The monoisotopic (exact) mass is 330 g/mol. The molecule has 0 atom stereocenters. The molecular formula is C19H23FN2O2. The van der Waals surface area contributed by atoms with Crippen molar-refractivity contribution in [1.29, 1.82) is 0 Å². The first kappa shape index (κ1) is 17.8. The summed E-state index contributed by atoms with van der Waals surface area (Å²) < 4.78 is 18.4. The number of rotatable bonds is 8. The molecule has 128 valence electrons. The molecule has 0 saturated heterocycles. The van der Waals surface area contributed by atoms with Gasteiger partial charge in [-0.3, -0.25) is 0 Å². The number of urea groups is 1. The first-order valence-electron chi connectivity index (χ1n) is 8.10. The van der Waals surface area contributed by atoms with Crippen molar-refractivity contribution in [3.05, 3.63) is 65.5 Å². The summed E-state index contributed by atoms with van der Waals surface area (Å²) in [6.45, 7) is 3.62. The van der Waals surface area contributed by atoms with Gasteiger partial charge in [0.2, 0.25) is 0 Å². The Morgan fingerprint density at radius 2 is 1.75 bits per heavy atom. The summed E-state index contributed by atoms with van der Waals surface area (Å²) in [4.78, 5) is 11.7. The van der Waals surface area contributed by atoms with E-state index in [9.17, 15) is 9.18 Å². The van der Waals surface area contributed by atoms with Crippen molar-refractivity contribution < 1.29 is 13.9 Å². The van der Waals surface area contributed by atoms with Gasteiger partial charge >= 0.3 is 6.03 Å². The molecule has 0 aliphatic heterocycles. The average molecular weight is 330 g/mol. The summed E-state index contributed by atoms with van der Waals surface area (Å²) in [6.07, 6.45) is 1.41. The minimum absolute atomic E-state index is 0.201. The Hall–Kier alpha value is -2.56. The molecule has 5 heteroatoms. The zero-order valence-electron chi connectivity index (χ0n) is 13.8. The van der Waals surface area contributed by atoms with Gasteiger partial charge in [0.05, 0.1) is 6.61 Å². The molecule has 24 heavy (non-hydrogen) atoms. The number of carbonyl (C=O) groups excluding carboxylic acids is 1. The number of hydrogen-bond acceptors (Lipinski definition) is 2. The molecule has 0 aromatic heterocycles. The lowest BCUT2D eigenvalue weighted by Crippen LogP contribution is -2.37. The summed E-state index contributed by atoms with van der Waals surface area (Å²) in [5.41, 5.74) is 2.09. The number of hydrogen-bond donors (Lipinski definition) is 2. The normalized spacial score (nSPS) is 10.2. The minimum Gasteiger partial charge on any atom is -0.493 e. The molecule has 2 amide bonds. The van der Waals surface area contributed by atoms with Gasteiger partial charge in [-0.15, -0.1) is 0 Å². The number of para-hydroxylation sites is 1. The maximum Gasteiger partial charge on any atom is 0.314 e. The molecule has 4 nitrogen and oxygen atoms in total. The molecule has 0 aliphatic carbocycles. The van der Waals surface area contributed by atoms with Crippen molar-refractivity contribution in [2.45, 2.75) is 19.8 Å². The molecule has 2 rings (SSSR count). The number of benzene rings is 2. The molecule has 0 aliphatic rings. The zero-order chi connectivity index (χ0) is 17.2. The largest absolute Gasteiger partial charge is 0.493 e. The highest BCUT2D eigenvalue weighted by Crippen LogP contribution is 2.15. The molecule has 2 N–H and O–H groups in total. The number of carbonyl (C=O) groups is 1. The lowest BCUT2D eigenvalue weighted by Gasteiger charge is -2.10. The van der Waals surface area contributed by atoms with Crippen molar-refractivity contribution in [2.75, 3.05) is 19.7 Å². The molecule has 0 saturated carbocycles. The number of aryl methyl sites for hydroxylation is 1. The van der Waals surface area contributed by atoms with Crippen LogP contribution in [-0.4, -0.2) is 25.7 Å². The van der Waals surface area contributed by atoms with Gasteiger partial charge in [0.25, 0.3) is 0 Å². The minimum atomic E-state index is -0.252. The molecule has 0 unspecified atom stereocenters. The Morgan fingerprint density at radius 3 is 2.50 bits per heavy atom. The molecule has 0 fully saturated rings. The third kappa shape index (κ3) is 6.28. The first-order chi connectivity index (χ1) is 11.6. The van der Waals surface area contributed by atoms with Gasteiger partial charge in [-0.25, -0.2) is 9.18 Å². The fourth-order valence-electron chi connectivity index (χ4n) is 2.21. The van der Waals surface area contributed by atoms with Gasteiger partial charge in [-0.2, -0.15) is 0 Å². The molecule has 0 bridgehead atoms. The van der Waals surface area contributed by atoms with E-state index in [1.807, 2.05) is 31.2 Å². The molecule has 0 heterocycles. The van der Waals surface area contributed by atoms with Crippen molar-refractivity contribution in [2.24, 2.45) is 0 Å². The molecule has 2 aromatic rings. The average Bonchev–Trinajstić information content (AvgIpc) is 2.58. The van der Waals surface area contributed by atoms with Crippen LogP contribution in [0.1, 0.15) is 17.5 Å². The Morgan fingerprint density at radius 1 is 1.04 bits per heavy atom. The smallest absolute Gasteiger partial charge is 0.314 e. The van der Waals surface area contributed by atoms with E-state index in [0.717, 1.165) is 23.3 Å². The number of halogens is 1. The summed E-state index contributed by atoms with van der Waals surface area (Å²) in [5, 5.41) is 5.57. The second-order valence-electron chi connectivity index (χ2n) is 5.53. The maximum atomic E-state index is 12.8. The van der Waals surface area contributed by atoms with Crippen LogP contribution >= 0.6 is 0 Å². The van der Waals surface area contributed by atoms with Gasteiger partial charge in [0.1, 0.15) is 11.6 Å². The van der Waals surface area contributed by atoms with E-state index in [2.05, 4.69) is 10.6 Å². The number of ether oxygens (including phenoxy) is 1. The third-order valence-electron chi connectivity index (χ3n) is 3.57. The van der Waals surface area contributed by atoms with Crippen LogP contribution in [0.3, 0.4) is 0 Å². The molecule has 0 spiro atoms. The van der Waals surface area contributed by atoms with Gasteiger partial charge in [-0.1, -0.05) is 30.3 Å². The van der Waals surface area contributed by atoms with Crippen LogP contribution in [0.5, 0.6) is 5.75 Å². The van der Waals surface area contributed by atoms with Crippen molar-refractivity contribution in [3.8, 4) is 5.75 Å². The van der Waals surface area contributed by atoms with Gasteiger partial charge in [-0.05, 0) is 49.1 Å². The molecule has 0 radical (unpaired) electrons. The Labute approximate surface area is 142 Å². The summed E-state index contributed by atoms with van der Waals surface area (Å²) >= 11 is 0. The van der Waals surface area contributed by atoms with Crippen molar-refractivity contribution in [1.82, 2.24) is 10.6 Å². The zero-order valence-corrected chi connectivity index (χ0v) is 13.8. The van der Waals surface area contributed by atoms with E-state index in [1.54, 1.807) is 12.1 Å². The van der Waals surface area contributed by atoms with Gasteiger partial charge in [0.15, 0.2) is 0 Å². The highest BCUT2D eigenvalue weighted by atomic mass is 19.1. The van der Waals surface area contributed by atoms with Crippen LogP contribution in [0, 0.1) is 12.7 Å². The van der Waals surface area contributed by atoms with Crippen LogP contribution in [0.25, 0.3) is 0 Å². The Balaban J connectivity index is 1.53. The van der Waals surface area contributed by atoms with E-state index >= 15 is 0 Å². The highest BCUT2D eigenvalue weighted by Gasteiger charge is 2.01. The molecule has 2 aromatic carbocycles. The van der Waals surface area contributed by atoms with E-state index in [-0.39, 0.29) is 11.8 Å². The Kier molecular flexibility index (Phi) is 7.08. The summed E-state index contributed by atoms with van der Waals surface area (Å²) in [5.74, 6) is 0.624. The predicted octanol–water partition coefficient (Wildman–Crippen LogP) is 3.44. The third-order valence-corrected chi connectivity index (χ3v) is 3.57. The van der Waals surface area contributed by atoms with E-state index < -0.39 is 0 Å². The van der Waals surface area contributed by atoms with Crippen LogP contribution in [0.4, 0.5) is 9.18 Å². The summed E-state index contributed by atoms with van der Waals surface area (Å²) in [6, 6.07) is 13.9. The maximum absolute atomic E-state index is 12.8. The Bertz CT molecular complexity index is 644. The van der Waals surface area contributed by atoms with Crippen LogP contribution in [0.15, 0.2) is 48.5 Å². The number of amides is 2. The fourth-order valence-corrected chi connectivity index (χ4v) is 2.21. The van der Waals surface area contributed by atoms with E-state index in [1.165, 1.54) is 12.1 Å². The standard InChI is InChI=1S/C19H23FN2O2/c1-15-5-2-3-6-18(15)24-14-4-12-21-19(23)22-13-11-16-7-9-17(20)10-8-16/h2-3,5-10H,4,11-14H2,1H3,(H2,21,22,23). The second-order valence-corrected chi connectivity index (χ2v) is 5.53. The SMILES string of the molecule is Cc1ccccc1OCCCNC(=O)NCCc1ccc(F)cc1. The second kappa shape index (κ2) is 9.55. The van der Waals surface area contributed by atoms with E-state index in [0.29, 0.717) is 26.1 Å². The predicted molar refractivity (Wildman–Crippen MR) is 92.8 cm³/mol. The topological polar surface area (TPSA) is 50.4 Å². The lowest BCUT2D eigenvalue weighted by atomic mass is 10.1. The fraction of sp³-hybridized carbons (Fsp3) is 0.316.